The fraction of sp³-hybridized carbons (Fsp3) is 0.381. The van der Waals surface area contributed by atoms with Crippen LogP contribution in [0.2, 0.25) is 0 Å². The number of morpholine rings is 1. The minimum atomic E-state index is -3.85. The number of rotatable bonds is 8. The highest BCUT2D eigenvalue weighted by molar-refractivity contribution is 7.93. The summed E-state index contributed by atoms with van der Waals surface area (Å²) in [4.78, 5) is 1.98. The minimum absolute atomic E-state index is 0.219. The van der Waals surface area contributed by atoms with Gasteiger partial charge in [-0.2, -0.15) is 5.26 Å². The molecule has 1 aliphatic heterocycles. The average Bonchev–Trinajstić information content (AvgIpc) is 2.75. The summed E-state index contributed by atoms with van der Waals surface area (Å²) in [5.41, 5.74) is 1.81. The number of nitrogens with one attached hydrogen (secondary N) is 1. The third kappa shape index (κ3) is 5.55. The molecule has 2 aromatic carbocycles. The maximum absolute atomic E-state index is 12.4. The molecule has 1 heterocycles. The van der Waals surface area contributed by atoms with Gasteiger partial charge in [0.1, 0.15) is 6.07 Å². The number of sulfonamides is 1. The molecule has 0 aromatic heterocycles. The SMILES string of the molecule is COCCCNS(=O)(=O)/C(C#N)=C/c1ccc2cc(N3CCOCC3)ccc2c1. The number of benzene rings is 2. The number of anilines is 1. The van der Waals surface area contributed by atoms with Crippen LogP contribution in [0, 0.1) is 11.3 Å². The Kier molecular flexibility index (Phi) is 7.23. The Morgan fingerprint density at radius 3 is 2.69 bits per heavy atom. The van der Waals surface area contributed by atoms with Gasteiger partial charge in [-0.25, -0.2) is 13.1 Å². The third-order valence-electron chi connectivity index (χ3n) is 4.74. The van der Waals surface area contributed by atoms with E-state index in [0.717, 1.165) is 42.8 Å². The molecule has 29 heavy (non-hydrogen) atoms. The van der Waals surface area contributed by atoms with Crippen LogP contribution in [0.4, 0.5) is 5.69 Å². The van der Waals surface area contributed by atoms with Crippen molar-refractivity contribution in [3.8, 4) is 6.07 Å². The molecule has 8 heteroatoms. The highest BCUT2D eigenvalue weighted by atomic mass is 32.2. The Balaban J connectivity index is 1.80. The molecule has 0 aliphatic carbocycles. The van der Waals surface area contributed by atoms with Crippen molar-refractivity contribution < 1.29 is 17.9 Å². The Bertz CT molecular complexity index is 1020. The van der Waals surface area contributed by atoms with E-state index in [4.69, 9.17) is 9.47 Å². The normalized spacial score (nSPS) is 15.4. The summed E-state index contributed by atoms with van der Waals surface area (Å²) in [7, 11) is -2.30. The third-order valence-corrected chi connectivity index (χ3v) is 6.11. The number of allylic oxidation sites excluding steroid dienone is 1. The summed E-state index contributed by atoms with van der Waals surface area (Å²) in [6, 6.07) is 13.6. The number of nitriles is 1. The van der Waals surface area contributed by atoms with E-state index in [1.54, 1.807) is 13.2 Å². The van der Waals surface area contributed by atoms with Crippen LogP contribution in [0.25, 0.3) is 16.8 Å². The predicted octanol–water partition coefficient (Wildman–Crippen LogP) is 2.50. The molecule has 1 fully saturated rings. The molecule has 154 valence electrons. The van der Waals surface area contributed by atoms with Crippen LogP contribution in [-0.2, 0) is 19.5 Å². The zero-order chi connectivity index (χ0) is 20.7. The van der Waals surface area contributed by atoms with Gasteiger partial charge in [0.25, 0.3) is 10.0 Å². The number of hydrogen-bond acceptors (Lipinski definition) is 6. The summed E-state index contributed by atoms with van der Waals surface area (Å²) in [5.74, 6) is 0. The van der Waals surface area contributed by atoms with Gasteiger partial charge in [0.15, 0.2) is 4.91 Å². The summed E-state index contributed by atoms with van der Waals surface area (Å²) >= 11 is 0. The van der Waals surface area contributed by atoms with Crippen molar-refractivity contribution >= 4 is 32.6 Å². The van der Waals surface area contributed by atoms with Crippen molar-refractivity contribution in [1.29, 1.82) is 5.26 Å². The molecular formula is C21H25N3O4S. The van der Waals surface area contributed by atoms with E-state index >= 15 is 0 Å². The molecule has 1 N–H and O–H groups in total. The van der Waals surface area contributed by atoms with E-state index in [0.29, 0.717) is 18.6 Å². The van der Waals surface area contributed by atoms with Crippen LogP contribution in [0.5, 0.6) is 0 Å². The van der Waals surface area contributed by atoms with Crippen LogP contribution in [0.1, 0.15) is 12.0 Å². The highest BCUT2D eigenvalue weighted by Gasteiger charge is 2.17. The average molecular weight is 416 g/mol. The molecule has 7 nitrogen and oxygen atoms in total. The van der Waals surface area contributed by atoms with Crippen LogP contribution >= 0.6 is 0 Å². The zero-order valence-electron chi connectivity index (χ0n) is 16.4. The summed E-state index contributed by atoms with van der Waals surface area (Å²) in [6.07, 6.45) is 1.93. The molecule has 2 aromatic rings. The fourth-order valence-electron chi connectivity index (χ4n) is 3.18. The standard InChI is InChI=1S/C21H25N3O4S/c1-27-10-2-7-23-29(25,26)21(16-22)14-17-3-4-19-15-20(6-5-18(19)13-17)24-8-11-28-12-9-24/h3-6,13-15,23H,2,7-12H2,1H3/b21-14+. The minimum Gasteiger partial charge on any atom is -0.385 e. The van der Waals surface area contributed by atoms with Gasteiger partial charge in [0.05, 0.1) is 13.2 Å². The maximum atomic E-state index is 12.4. The van der Waals surface area contributed by atoms with E-state index in [1.165, 1.54) is 6.08 Å². The lowest BCUT2D eigenvalue weighted by Crippen LogP contribution is -2.36. The fourth-order valence-corrected chi connectivity index (χ4v) is 4.16. The number of methoxy groups -OCH3 is 1. The quantitative estimate of drug-likeness (QED) is 0.526. The van der Waals surface area contributed by atoms with Gasteiger partial charge < -0.3 is 14.4 Å². The van der Waals surface area contributed by atoms with Gasteiger partial charge in [-0.3, -0.25) is 0 Å². The van der Waals surface area contributed by atoms with E-state index in [-0.39, 0.29) is 11.4 Å². The van der Waals surface area contributed by atoms with Crippen LogP contribution in [0.3, 0.4) is 0 Å². The molecule has 0 atom stereocenters. The number of nitrogens with zero attached hydrogens (tertiary/aromatic N) is 2. The van der Waals surface area contributed by atoms with Gasteiger partial charge in [-0.15, -0.1) is 0 Å². The Hall–Kier alpha value is -2.44. The lowest BCUT2D eigenvalue weighted by atomic mass is 10.1. The molecule has 0 amide bonds. The van der Waals surface area contributed by atoms with Crippen LogP contribution < -0.4 is 9.62 Å². The monoisotopic (exact) mass is 415 g/mol. The van der Waals surface area contributed by atoms with Gasteiger partial charge >= 0.3 is 0 Å². The molecule has 0 spiro atoms. The van der Waals surface area contributed by atoms with E-state index < -0.39 is 10.0 Å². The lowest BCUT2D eigenvalue weighted by Gasteiger charge is -2.29. The molecule has 0 saturated carbocycles. The first-order valence-corrected chi connectivity index (χ1v) is 11.0. The maximum Gasteiger partial charge on any atom is 0.250 e. The van der Waals surface area contributed by atoms with Gasteiger partial charge in [-0.05, 0) is 47.0 Å². The first-order valence-electron chi connectivity index (χ1n) is 9.50. The van der Waals surface area contributed by atoms with Crippen molar-refractivity contribution in [2.24, 2.45) is 0 Å². The largest absolute Gasteiger partial charge is 0.385 e. The smallest absolute Gasteiger partial charge is 0.250 e. The second-order valence-corrected chi connectivity index (χ2v) is 8.49. The number of hydrogen-bond donors (Lipinski definition) is 1. The van der Waals surface area contributed by atoms with Crippen molar-refractivity contribution in [2.45, 2.75) is 6.42 Å². The molecule has 3 rings (SSSR count). The summed E-state index contributed by atoms with van der Waals surface area (Å²) < 4.78 is 37.4. The Morgan fingerprint density at radius 2 is 1.97 bits per heavy atom. The number of fused-ring (bicyclic) bond motifs is 1. The molecule has 1 aliphatic rings. The summed E-state index contributed by atoms with van der Waals surface area (Å²) in [6.45, 7) is 3.86. The highest BCUT2D eigenvalue weighted by Crippen LogP contribution is 2.25. The van der Waals surface area contributed by atoms with E-state index in [9.17, 15) is 13.7 Å². The molecular weight excluding hydrogens is 390 g/mol. The topological polar surface area (TPSA) is 91.7 Å². The molecule has 0 radical (unpaired) electrons. The second kappa shape index (κ2) is 9.85. The van der Waals surface area contributed by atoms with E-state index in [1.807, 2.05) is 24.3 Å². The molecule has 1 saturated heterocycles. The van der Waals surface area contributed by atoms with Gasteiger partial charge in [0.2, 0.25) is 0 Å². The van der Waals surface area contributed by atoms with Crippen LogP contribution in [-0.4, -0.2) is 55.0 Å². The van der Waals surface area contributed by atoms with Crippen LogP contribution in [0.15, 0.2) is 41.3 Å². The van der Waals surface area contributed by atoms with Gasteiger partial charge in [-0.1, -0.05) is 18.2 Å². The van der Waals surface area contributed by atoms with Crippen molar-refractivity contribution in [3.05, 3.63) is 46.9 Å². The first kappa shape index (κ1) is 21.3. The first-order chi connectivity index (χ1) is 14.0. The van der Waals surface area contributed by atoms with E-state index in [2.05, 4.69) is 21.8 Å². The van der Waals surface area contributed by atoms with Crippen molar-refractivity contribution in [2.75, 3.05) is 51.5 Å². The predicted molar refractivity (Wildman–Crippen MR) is 114 cm³/mol. The zero-order valence-corrected chi connectivity index (χ0v) is 17.2. The molecule has 0 unspecified atom stereocenters. The second-order valence-electron chi connectivity index (χ2n) is 6.75. The lowest BCUT2D eigenvalue weighted by molar-refractivity contribution is 0.122. The Morgan fingerprint density at radius 1 is 1.24 bits per heavy atom. The summed E-state index contributed by atoms with van der Waals surface area (Å²) in [5, 5.41) is 11.4. The van der Waals surface area contributed by atoms with Crippen molar-refractivity contribution in [3.63, 3.8) is 0 Å². The Labute approximate surface area is 171 Å². The number of ether oxygens (including phenoxy) is 2. The molecule has 0 bridgehead atoms. The van der Waals surface area contributed by atoms with Crippen molar-refractivity contribution in [1.82, 2.24) is 4.72 Å². The van der Waals surface area contributed by atoms with Gasteiger partial charge in [0, 0.05) is 39.0 Å².